The number of amides is 1. The highest BCUT2D eigenvalue weighted by molar-refractivity contribution is 14.1. The van der Waals surface area contributed by atoms with Crippen LogP contribution in [0, 0.1) is 3.77 Å². The summed E-state index contributed by atoms with van der Waals surface area (Å²) in [6.07, 6.45) is 2.76. The maximum absolute atomic E-state index is 11.9. The molecule has 0 fully saturated rings. The van der Waals surface area contributed by atoms with Crippen LogP contribution in [0.3, 0.4) is 0 Å². The molecule has 0 spiro atoms. The van der Waals surface area contributed by atoms with Gasteiger partial charge in [0.2, 0.25) is 15.9 Å². The lowest BCUT2D eigenvalue weighted by Gasteiger charge is -2.10. The van der Waals surface area contributed by atoms with Crippen LogP contribution in [0.4, 0.5) is 5.69 Å². The number of anilines is 1. The van der Waals surface area contributed by atoms with Crippen LogP contribution in [0.2, 0.25) is 0 Å². The summed E-state index contributed by atoms with van der Waals surface area (Å²) >= 11 is 2.01. The van der Waals surface area contributed by atoms with Crippen LogP contribution in [0.25, 0.3) is 6.08 Å². The van der Waals surface area contributed by atoms with Crippen molar-refractivity contribution in [2.75, 3.05) is 12.4 Å². The fourth-order valence-electron chi connectivity index (χ4n) is 1.71. The number of halogens is 1. The third-order valence-corrected chi connectivity index (χ3v) is 4.24. The zero-order valence-corrected chi connectivity index (χ0v) is 14.9. The summed E-state index contributed by atoms with van der Waals surface area (Å²) in [5, 5.41) is 7.61. The molecule has 0 saturated carbocycles. The monoisotopic (exact) mass is 448 g/mol. The number of carbonyl (C=O) groups is 1. The minimum atomic E-state index is -3.88. The molecule has 0 atom stereocenters. The second kappa shape index (κ2) is 7.15. The summed E-state index contributed by atoms with van der Waals surface area (Å²) in [4.78, 5) is 11.8. The number of rotatable bonds is 5. The quantitative estimate of drug-likeness (QED) is 0.538. The van der Waals surface area contributed by atoms with Gasteiger partial charge in [-0.1, -0.05) is 0 Å². The first-order valence-corrected chi connectivity index (χ1v) is 8.87. The van der Waals surface area contributed by atoms with Crippen LogP contribution in [-0.2, 0) is 14.8 Å². The molecule has 0 bridgehead atoms. The first kappa shape index (κ1) is 17.5. The van der Waals surface area contributed by atoms with Crippen molar-refractivity contribution >= 4 is 50.3 Å². The van der Waals surface area contributed by atoms with Crippen LogP contribution >= 0.6 is 22.6 Å². The minimum Gasteiger partial charge on any atom is -0.495 e. The van der Waals surface area contributed by atoms with E-state index in [9.17, 15) is 13.2 Å². The van der Waals surface area contributed by atoms with E-state index in [-0.39, 0.29) is 10.6 Å². The normalized spacial score (nSPS) is 11.6. The van der Waals surface area contributed by atoms with Gasteiger partial charge in [-0.05, 0) is 59.0 Å². The summed E-state index contributed by atoms with van der Waals surface area (Å²) in [5.74, 6) is 0.364. The Morgan fingerprint density at radius 3 is 2.65 bits per heavy atom. The van der Waals surface area contributed by atoms with Gasteiger partial charge in [-0.3, -0.25) is 4.79 Å². The van der Waals surface area contributed by atoms with E-state index in [1.807, 2.05) is 22.6 Å². The van der Waals surface area contributed by atoms with Gasteiger partial charge in [0.05, 0.1) is 17.7 Å². The molecule has 0 aliphatic heterocycles. The van der Waals surface area contributed by atoms with Crippen molar-refractivity contribution in [3.05, 3.63) is 45.9 Å². The van der Waals surface area contributed by atoms with Crippen LogP contribution in [0.1, 0.15) is 5.76 Å². The van der Waals surface area contributed by atoms with E-state index in [4.69, 9.17) is 14.3 Å². The molecule has 0 radical (unpaired) electrons. The Bertz CT molecular complexity index is 858. The zero-order chi connectivity index (χ0) is 17.0. The smallest absolute Gasteiger partial charge is 0.248 e. The highest BCUT2D eigenvalue weighted by atomic mass is 127. The van der Waals surface area contributed by atoms with Crippen LogP contribution in [-0.4, -0.2) is 21.4 Å². The number of ether oxygens (including phenoxy) is 1. The van der Waals surface area contributed by atoms with Gasteiger partial charge in [0, 0.05) is 6.08 Å². The summed E-state index contributed by atoms with van der Waals surface area (Å²) in [7, 11) is -2.47. The number of methoxy groups -OCH3 is 1. The highest BCUT2D eigenvalue weighted by Gasteiger charge is 2.13. The third kappa shape index (κ3) is 4.81. The number of sulfonamides is 1. The van der Waals surface area contributed by atoms with Gasteiger partial charge in [-0.2, -0.15) is 0 Å². The summed E-state index contributed by atoms with van der Waals surface area (Å²) in [6, 6.07) is 7.42. The molecule has 0 aliphatic carbocycles. The molecule has 9 heteroatoms. The molecule has 1 aromatic carbocycles. The Hall–Kier alpha value is -1.85. The van der Waals surface area contributed by atoms with Gasteiger partial charge >= 0.3 is 0 Å². The van der Waals surface area contributed by atoms with E-state index in [1.54, 1.807) is 12.1 Å². The predicted octanol–water partition coefficient (Wildman–Crippen LogP) is 2.19. The maximum atomic E-state index is 11.9. The van der Waals surface area contributed by atoms with Crippen molar-refractivity contribution in [2.45, 2.75) is 4.90 Å². The summed E-state index contributed by atoms with van der Waals surface area (Å²) in [6.45, 7) is 0. The number of hydrogen-bond acceptors (Lipinski definition) is 5. The van der Waals surface area contributed by atoms with Gasteiger partial charge < -0.3 is 14.5 Å². The first-order chi connectivity index (χ1) is 10.8. The first-order valence-electron chi connectivity index (χ1n) is 6.25. The molecule has 3 N–H and O–H groups in total. The lowest BCUT2D eigenvalue weighted by molar-refractivity contribution is -0.111. The zero-order valence-electron chi connectivity index (χ0n) is 11.9. The number of carbonyl (C=O) groups excluding carboxylic acids is 1. The number of nitrogens with two attached hydrogens (primary N) is 1. The fourth-order valence-corrected chi connectivity index (χ4v) is 2.69. The third-order valence-electron chi connectivity index (χ3n) is 2.75. The van der Waals surface area contributed by atoms with Crippen LogP contribution < -0.4 is 15.2 Å². The summed E-state index contributed by atoms with van der Waals surface area (Å²) < 4.78 is 33.8. The Balaban J connectivity index is 2.21. The lowest BCUT2D eigenvalue weighted by Crippen LogP contribution is -2.14. The van der Waals surface area contributed by atoms with Crippen LogP contribution in [0.5, 0.6) is 5.75 Å². The van der Waals surface area contributed by atoms with E-state index in [1.165, 1.54) is 37.5 Å². The average molecular weight is 448 g/mol. The average Bonchev–Trinajstić information content (AvgIpc) is 2.90. The molecule has 0 aliphatic rings. The molecule has 122 valence electrons. The molecule has 1 aromatic heterocycles. The summed E-state index contributed by atoms with van der Waals surface area (Å²) in [5.41, 5.74) is 0.197. The fraction of sp³-hybridized carbons (Fsp3) is 0.0714. The molecule has 2 aromatic rings. The molecular formula is C14H13IN2O5S. The van der Waals surface area contributed by atoms with E-state index in [0.29, 0.717) is 15.3 Å². The standard InChI is InChI=1S/C14H13IN2O5S/c1-21-12-5-4-10(23(16,19)20)8-11(12)17-14(18)7-3-9-2-6-13(15)22-9/h2-8H,1H3,(H,17,18)(H2,16,19,20)/b7-3-. The van der Waals surface area contributed by atoms with E-state index in [0.717, 1.165) is 0 Å². The number of nitrogens with one attached hydrogen (secondary N) is 1. The number of benzene rings is 1. The molecule has 1 heterocycles. The number of hydrogen-bond donors (Lipinski definition) is 2. The predicted molar refractivity (Wildman–Crippen MR) is 93.5 cm³/mol. The minimum absolute atomic E-state index is 0.127. The molecule has 0 unspecified atom stereocenters. The van der Waals surface area contributed by atoms with Gasteiger partial charge in [0.25, 0.3) is 0 Å². The largest absolute Gasteiger partial charge is 0.495 e. The van der Waals surface area contributed by atoms with Crippen molar-refractivity contribution in [2.24, 2.45) is 5.14 Å². The molecular weight excluding hydrogens is 435 g/mol. The molecule has 23 heavy (non-hydrogen) atoms. The Morgan fingerprint density at radius 2 is 2.09 bits per heavy atom. The van der Waals surface area contributed by atoms with Gasteiger partial charge in [-0.25, -0.2) is 13.6 Å². The van der Waals surface area contributed by atoms with Crippen LogP contribution in [0.15, 0.2) is 45.7 Å². The van der Waals surface area contributed by atoms with Crippen molar-refractivity contribution in [3.63, 3.8) is 0 Å². The van der Waals surface area contributed by atoms with Crippen molar-refractivity contribution in [1.82, 2.24) is 0 Å². The lowest BCUT2D eigenvalue weighted by atomic mass is 10.3. The van der Waals surface area contributed by atoms with Gasteiger partial charge in [-0.15, -0.1) is 0 Å². The molecule has 7 nitrogen and oxygen atoms in total. The van der Waals surface area contributed by atoms with Crippen molar-refractivity contribution < 1.29 is 22.4 Å². The SMILES string of the molecule is COc1ccc(S(N)(=O)=O)cc1NC(=O)/C=C\c1ccc(I)o1. The second-order valence-corrected chi connectivity index (χ2v) is 7.00. The molecule has 0 saturated heterocycles. The molecule has 2 rings (SSSR count). The Morgan fingerprint density at radius 1 is 1.35 bits per heavy atom. The van der Waals surface area contributed by atoms with E-state index < -0.39 is 15.9 Å². The van der Waals surface area contributed by atoms with Gasteiger partial charge in [0.1, 0.15) is 11.5 Å². The van der Waals surface area contributed by atoms with Crippen molar-refractivity contribution in [1.29, 1.82) is 0 Å². The number of primary sulfonamides is 1. The number of furan rings is 1. The van der Waals surface area contributed by atoms with Crippen molar-refractivity contribution in [3.8, 4) is 5.75 Å². The van der Waals surface area contributed by atoms with Gasteiger partial charge in [0.15, 0.2) is 3.77 Å². The van der Waals surface area contributed by atoms with E-state index in [2.05, 4.69) is 5.32 Å². The Kier molecular flexibility index (Phi) is 5.44. The van der Waals surface area contributed by atoms with E-state index >= 15 is 0 Å². The Labute approximate surface area is 146 Å². The maximum Gasteiger partial charge on any atom is 0.248 e. The topological polar surface area (TPSA) is 112 Å². The molecule has 1 amide bonds. The highest BCUT2D eigenvalue weighted by Crippen LogP contribution is 2.27. The second-order valence-electron chi connectivity index (χ2n) is 4.37.